The lowest BCUT2D eigenvalue weighted by Crippen LogP contribution is -2.76. The Morgan fingerprint density at radius 1 is 1.03 bits per heavy atom. The highest BCUT2D eigenvalue weighted by atomic mass is 19.4. The molecule has 6 rings (SSSR count). The van der Waals surface area contributed by atoms with Gasteiger partial charge in [-0.1, -0.05) is 12.1 Å². The van der Waals surface area contributed by atoms with Gasteiger partial charge in [-0.25, -0.2) is 22.2 Å². The van der Waals surface area contributed by atoms with E-state index in [1.54, 1.807) is 12.1 Å². The van der Waals surface area contributed by atoms with Crippen LogP contribution in [0.25, 0.3) is 0 Å². The molecule has 2 aromatic carbocycles. The maximum Gasteiger partial charge on any atom is 0.417 e. The van der Waals surface area contributed by atoms with Crippen molar-refractivity contribution in [2.24, 2.45) is 5.41 Å². The van der Waals surface area contributed by atoms with Crippen LogP contribution >= 0.6 is 0 Å². The van der Waals surface area contributed by atoms with E-state index in [-0.39, 0.29) is 25.0 Å². The van der Waals surface area contributed by atoms with Crippen LogP contribution in [-0.4, -0.2) is 57.2 Å². The Bertz CT molecular complexity index is 1310. The maximum absolute atomic E-state index is 16.2. The number of hydrogen-bond donors (Lipinski definition) is 1. The summed E-state index contributed by atoms with van der Waals surface area (Å²) < 4.78 is 110. The predicted octanol–water partition coefficient (Wildman–Crippen LogP) is 4.55. The third kappa shape index (κ3) is 4.33. The quantitative estimate of drug-likeness (QED) is 0.367. The molecule has 1 heterocycles. The number of nitrogens with zero attached hydrogens (tertiary/aromatic N) is 4. The standard InChI is InChI=1S/C25H23F7N4O3/c1-38-20(24(28,29)30)9-39-17-5-2-15(3-6-17)21-10-22(11-21,12-21)25(31,32)23(37,13-36-14-33-34-35-36)18-7-4-16(26)8-19(18)27/h2-8,14,20,37H,9-13H2,1H3/t20?,21?,22?,23-/m1/s1. The lowest BCUT2D eigenvalue weighted by Gasteiger charge is -2.74. The molecule has 3 aliphatic rings. The van der Waals surface area contributed by atoms with Crippen LogP contribution < -0.4 is 4.74 Å². The first-order chi connectivity index (χ1) is 18.3. The smallest absolute Gasteiger partial charge is 0.417 e. The Kier molecular flexibility index (Phi) is 6.41. The van der Waals surface area contributed by atoms with Gasteiger partial charge in [0.1, 0.15) is 30.3 Å². The molecule has 1 unspecified atom stereocenters. The Balaban J connectivity index is 1.34. The van der Waals surface area contributed by atoms with Gasteiger partial charge in [-0.05, 0) is 64.9 Å². The molecule has 0 spiro atoms. The van der Waals surface area contributed by atoms with Gasteiger partial charge in [-0.3, -0.25) is 0 Å². The lowest BCUT2D eigenvalue weighted by molar-refractivity contribution is -0.347. The number of benzene rings is 2. The van der Waals surface area contributed by atoms with Crippen molar-refractivity contribution >= 4 is 0 Å². The summed E-state index contributed by atoms with van der Waals surface area (Å²) in [5.41, 5.74) is -5.51. The van der Waals surface area contributed by atoms with Gasteiger partial charge in [-0.2, -0.15) is 13.2 Å². The molecule has 3 saturated carbocycles. The molecule has 0 amide bonds. The molecule has 1 aromatic heterocycles. The van der Waals surface area contributed by atoms with Crippen LogP contribution in [0.5, 0.6) is 5.75 Å². The van der Waals surface area contributed by atoms with Gasteiger partial charge in [0.05, 0.1) is 6.54 Å². The van der Waals surface area contributed by atoms with E-state index in [9.17, 15) is 27.1 Å². The zero-order valence-electron chi connectivity index (χ0n) is 20.4. The number of aromatic nitrogens is 4. The van der Waals surface area contributed by atoms with Crippen LogP contribution in [0.1, 0.15) is 30.4 Å². The average molecular weight is 560 g/mol. The number of alkyl halides is 5. The second-order valence-electron chi connectivity index (χ2n) is 10.3. The summed E-state index contributed by atoms with van der Waals surface area (Å²) in [5.74, 6) is -6.04. The van der Waals surface area contributed by atoms with Crippen LogP contribution in [0.3, 0.4) is 0 Å². The second kappa shape index (κ2) is 9.15. The molecule has 39 heavy (non-hydrogen) atoms. The van der Waals surface area contributed by atoms with Crippen LogP contribution in [0, 0.1) is 17.0 Å². The van der Waals surface area contributed by atoms with Crippen molar-refractivity contribution in [1.82, 2.24) is 20.2 Å². The topological polar surface area (TPSA) is 82.3 Å². The number of hydrogen-bond acceptors (Lipinski definition) is 6. The minimum Gasteiger partial charge on any atom is -0.491 e. The van der Waals surface area contributed by atoms with E-state index in [0.717, 1.165) is 30.3 Å². The van der Waals surface area contributed by atoms with Crippen LogP contribution in [-0.2, 0) is 22.3 Å². The summed E-state index contributed by atoms with van der Waals surface area (Å²) in [7, 11) is 0.924. The third-order valence-corrected chi connectivity index (χ3v) is 7.89. The second-order valence-corrected chi connectivity index (χ2v) is 10.3. The molecule has 0 aliphatic heterocycles. The monoisotopic (exact) mass is 560 g/mol. The van der Waals surface area contributed by atoms with E-state index in [0.29, 0.717) is 11.6 Å². The first-order valence-electron chi connectivity index (χ1n) is 11.8. The zero-order valence-corrected chi connectivity index (χ0v) is 20.4. The van der Waals surface area contributed by atoms with Crippen molar-refractivity contribution in [3.05, 3.63) is 71.6 Å². The molecule has 210 valence electrons. The highest BCUT2D eigenvalue weighted by Crippen LogP contribution is 2.80. The van der Waals surface area contributed by atoms with Gasteiger partial charge in [0.2, 0.25) is 0 Å². The Morgan fingerprint density at radius 2 is 1.69 bits per heavy atom. The SMILES string of the molecule is COC(COc1ccc(C23CC(C(F)(F)[C@@](O)(Cn4cnnn4)c4ccc(F)cc4F)(C2)C3)cc1)C(F)(F)F. The molecule has 0 saturated heterocycles. The lowest BCUT2D eigenvalue weighted by atomic mass is 9.30. The number of tetrazole rings is 1. The average Bonchev–Trinajstić information content (AvgIpc) is 3.30. The van der Waals surface area contributed by atoms with Gasteiger partial charge in [0, 0.05) is 24.2 Å². The number of aliphatic hydroxyl groups is 1. The normalized spacial score (nSPS) is 24.8. The molecule has 14 heteroatoms. The van der Waals surface area contributed by atoms with E-state index in [4.69, 9.17) is 4.74 Å². The van der Waals surface area contributed by atoms with E-state index >= 15 is 8.78 Å². The van der Waals surface area contributed by atoms with E-state index in [1.807, 2.05) is 0 Å². The molecule has 3 aromatic rings. The Labute approximate surface area is 217 Å². The third-order valence-electron chi connectivity index (χ3n) is 7.89. The van der Waals surface area contributed by atoms with Gasteiger partial charge in [0.25, 0.3) is 5.92 Å². The molecule has 7 nitrogen and oxygen atoms in total. The van der Waals surface area contributed by atoms with Crippen LogP contribution in [0.4, 0.5) is 30.7 Å². The number of methoxy groups -OCH3 is 1. The minimum absolute atomic E-state index is 0.0340. The minimum atomic E-state index is -4.59. The molecule has 0 radical (unpaired) electrons. The molecule has 3 aliphatic carbocycles. The fourth-order valence-electron chi connectivity index (χ4n) is 5.90. The number of ether oxygens (including phenoxy) is 2. The van der Waals surface area contributed by atoms with Crippen LogP contribution in [0.2, 0.25) is 0 Å². The fraction of sp³-hybridized carbons (Fsp3) is 0.480. The first kappa shape index (κ1) is 27.3. The van der Waals surface area contributed by atoms with E-state index in [1.165, 1.54) is 12.1 Å². The molecular formula is C25H23F7N4O3. The van der Waals surface area contributed by atoms with E-state index in [2.05, 4.69) is 20.3 Å². The summed E-state index contributed by atoms with van der Waals surface area (Å²) in [6.07, 6.45) is -5.80. The van der Waals surface area contributed by atoms with E-state index < -0.39 is 65.0 Å². The largest absolute Gasteiger partial charge is 0.491 e. The van der Waals surface area contributed by atoms with Gasteiger partial charge < -0.3 is 14.6 Å². The number of rotatable bonds is 10. The molecule has 2 atom stereocenters. The maximum atomic E-state index is 16.2. The molecule has 1 N–H and O–H groups in total. The van der Waals surface area contributed by atoms with Crippen molar-refractivity contribution in [1.29, 1.82) is 0 Å². The van der Waals surface area contributed by atoms with Gasteiger partial charge >= 0.3 is 6.18 Å². The first-order valence-corrected chi connectivity index (χ1v) is 11.8. The Hall–Kier alpha value is -3.26. The predicted molar refractivity (Wildman–Crippen MR) is 120 cm³/mol. The molecular weight excluding hydrogens is 537 g/mol. The van der Waals surface area contributed by atoms with Crippen molar-refractivity contribution in [3.8, 4) is 5.75 Å². The fourth-order valence-corrected chi connectivity index (χ4v) is 5.90. The van der Waals surface area contributed by atoms with Gasteiger partial charge in [0.15, 0.2) is 11.7 Å². The zero-order chi connectivity index (χ0) is 28.3. The molecule has 3 fully saturated rings. The summed E-state index contributed by atoms with van der Waals surface area (Å²) in [6.45, 7) is -1.63. The Morgan fingerprint density at radius 3 is 2.23 bits per heavy atom. The van der Waals surface area contributed by atoms with Crippen LogP contribution in [0.15, 0.2) is 48.8 Å². The highest BCUT2D eigenvalue weighted by molar-refractivity contribution is 5.44. The van der Waals surface area contributed by atoms with Crippen molar-refractivity contribution in [2.45, 2.75) is 55.0 Å². The summed E-state index contributed by atoms with van der Waals surface area (Å²) >= 11 is 0. The van der Waals surface area contributed by atoms with Crippen molar-refractivity contribution in [3.63, 3.8) is 0 Å². The van der Waals surface area contributed by atoms with Gasteiger partial charge in [-0.15, -0.1) is 5.10 Å². The summed E-state index contributed by atoms with van der Waals surface area (Å²) in [5, 5.41) is 21.7. The van der Waals surface area contributed by atoms with Crippen molar-refractivity contribution < 1.29 is 45.3 Å². The highest BCUT2D eigenvalue weighted by Gasteiger charge is 2.82. The summed E-state index contributed by atoms with van der Waals surface area (Å²) in [4.78, 5) is 0. The number of halogens is 7. The summed E-state index contributed by atoms with van der Waals surface area (Å²) in [6, 6.07) is 8.09. The van der Waals surface area contributed by atoms with Crippen molar-refractivity contribution in [2.75, 3.05) is 13.7 Å². The molecule has 2 bridgehead atoms.